The second kappa shape index (κ2) is 17.6. The fourth-order valence-corrected chi connectivity index (χ4v) is 6.87. The summed E-state index contributed by atoms with van der Waals surface area (Å²) in [5, 5.41) is 18.3. The van der Waals surface area contributed by atoms with Crippen LogP contribution < -0.4 is 75.0 Å². The predicted molar refractivity (Wildman–Crippen MR) is 136 cm³/mol. The van der Waals surface area contributed by atoms with Crippen LogP contribution in [0.25, 0.3) is 0 Å². The van der Waals surface area contributed by atoms with E-state index in [9.17, 15) is 18.2 Å². The Bertz CT molecular complexity index is 618. The van der Waals surface area contributed by atoms with E-state index in [1.807, 2.05) is 13.8 Å². The van der Waals surface area contributed by atoms with Gasteiger partial charge in [0.25, 0.3) is 0 Å². The Balaban J connectivity index is -0.0000000845. The Kier molecular flexibility index (Phi) is 26.5. The zero-order valence-electron chi connectivity index (χ0n) is 17.6. The minimum absolute atomic E-state index is 0. The molecule has 32 heavy (non-hydrogen) atoms. The fraction of sp³-hybridized carbons (Fsp3) is 1.00. The van der Waals surface area contributed by atoms with Gasteiger partial charge in [-0.3, -0.25) is 5.04 Å². The van der Waals surface area contributed by atoms with E-state index < -0.39 is 15.5 Å². The average Bonchev–Trinajstić information content (AvgIpc) is 3.06. The molecular formula is C17H42N2Na2O6S5. The molecule has 2 N–H and O–H groups in total. The largest absolute Gasteiger partial charge is 1.00 e. The zero-order chi connectivity index (χ0) is 17.9. The van der Waals surface area contributed by atoms with Crippen LogP contribution in [0.3, 0.4) is 0 Å². The van der Waals surface area contributed by atoms with Gasteiger partial charge < -0.3 is 20.4 Å². The minimum Gasteiger partial charge on any atom is -0.747 e. The SMILES string of the molecule is C.C.C.CC1(C)[C@@H]2[C@H]1CN[C@H]2SOO[O-].CC1(C)[C@H]2[C@@H]1CN[C@@H]2S(=O)(=O)[O-].S.S.S.[Na+].[Na+]. The third-order valence-electron chi connectivity index (χ3n) is 6.49. The van der Waals surface area contributed by atoms with Gasteiger partial charge in [0.1, 0.15) is 15.5 Å². The van der Waals surface area contributed by atoms with Gasteiger partial charge in [-0.2, -0.15) is 44.8 Å². The summed E-state index contributed by atoms with van der Waals surface area (Å²) < 4.78 is 36.5. The monoisotopic (exact) mass is 576 g/mol. The van der Waals surface area contributed by atoms with Gasteiger partial charge in [-0.15, -0.1) is 0 Å². The van der Waals surface area contributed by atoms with E-state index >= 15 is 0 Å². The molecule has 0 unspecified atom stereocenters. The molecule has 8 nitrogen and oxygen atoms in total. The molecule has 2 aliphatic heterocycles. The first-order valence-electron chi connectivity index (χ1n) is 8.06. The Labute approximate surface area is 265 Å². The molecule has 4 fully saturated rings. The molecule has 188 valence electrons. The van der Waals surface area contributed by atoms with E-state index in [4.69, 9.17) is 0 Å². The van der Waals surface area contributed by atoms with Crippen LogP contribution in [0, 0.1) is 34.5 Å². The molecule has 4 aliphatic rings. The zero-order valence-corrected chi connectivity index (χ0v) is 26.3. The topological polar surface area (TPSA) is 123 Å². The van der Waals surface area contributed by atoms with Gasteiger partial charge in [0.05, 0.1) is 5.37 Å². The van der Waals surface area contributed by atoms with Crippen LogP contribution in [0.5, 0.6) is 0 Å². The van der Waals surface area contributed by atoms with Gasteiger partial charge in [-0.25, -0.2) is 8.42 Å². The Morgan fingerprint density at radius 3 is 1.56 bits per heavy atom. The van der Waals surface area contributed by atoms with Crippen molar-refractivity contribution in [2.45, 2.75) is 60.7 Å². The van der Waals surface area contributed by atoms with Crippen molar-refractivity contribution in [1.82, 2.24) is 10.6 Å². The summed E-state index contributed by atoms with van der Waals surface area (Å²) in [5.41, 5.74) is 0.461. The number of piperidine rings is 2. The van der Waals surface area contributed by atoms with Gasteiger partial charge in [0.2, 0.25) is 0 Å². The molecule has 15 heteroatoms. The number of hydrogen-bond donors (Lipinski definition) is 2. The summed E-state index contributed by atoms with van der Waals surface area (Å²) in [5.74, 6) is 1.79. The maximum absolute atomic E-state index is 10.7. The molecule has 2 saturated heterocycles. The number of fused-ring (bicyclic) bond motifs is 2. The summed E-state index contributed by atoms with van der Waals surface area (Å²) in [7, 11) is -4.14. The standard InChI is InChI=1S/2C7H13NO3S.3CH4.2Na.3H2S/c1-7(2)4-3-8-6(5(4)7)12(9,10)11;1-7(2)4-3-8-6(5(4)7)12-11-10-9;;;;;;;;/h4-6,8H,3H2,1-2H3,(H,9,10,11);4-6,8-9H,3H2,1-2H3;3*1H4;;;3*1H2/q;;;;;2*+1;;;/p-2/t2*4-,5-,6+;;;;;;;;/m01......../s1. The molecule has 0 radical (unpaired) electrons. The van der Waals surface area contributed by atoms with E-state index in [-0.39, 0.29) is 139 Å². The molecule has 0 bridgehead atoms. The Morgan fingerprint density at radius 2 is 1.28 bits per heavy atom. The first-order valence-corrected chi connectivity index (χ1v) is 10.3. The molecule has 2 heterocycles. The van der Waals surface area contributed by atoms with Crippen molar-refractivity contribution in [3.05, 3.63) is 0 Å². The second-order valence-corrected chi connectivity index (χ2v) is 10.6. The smallest absolute Gasteiger partial charge is 0.747 e. The van der Waals surface area contributed by atoms with Crippen molar-refractivity contribution in [3.8, 4) is 0 Å². The van der Waals surface area contributed by atoms with Crippen molar-refractivity contribution >= 4 is 62.6 Å². The number of nitrogens with one attached hydrogen (secondary N) is 2. The van der Waals surface area contributed by atoms with Gasteiger partial charge >= 0.3 is 59.1 Å². The van der Waals surface area contributed by atoms with Crippen LogP contribution in [-0.2, 0) is 19.5 Å². The van der Waals surface area contributed by atoms with Crippen molar-refractivity contribution in [2.75, 3.05) is 13.1 Å². The molecule has 0 amide bonds. The van der Waals surface area contributed by atoms with Gasteiger partial charge in [-0.1, -0.05) is 50.0 Å². The Hall–Kier alpha value is 3.11. The molecule has 2 saturated carbocycles. The molecule has 6 atom stereocenters. The van der Waals surface area contributed by atoms with Crippen molar-refractivity contribution in [1.29, 1.82) is 0 Å². The molecule has 0 aromatic carbocycles. The van der Waals surface area contributed by atoms with Crippen LogP contribution >= 0.6 is 52.5 Å². The van der Waals surface area contributed by atoms with Crippen molar-refractivity contribution < 1.29 is 86.7 Å². The summed E-state index contributed by atoms with van der Waals surface area (Å²) >= 11 is 1.09. The predicted octanol–water partition coefficient (Wildman–Crippen LogP) is -3.95. The minimum atomic E-state index is -4.14. The van der Waals surface area contributed by atoms with Gasteiger partial charge in [-0.05, 0) is 41.0 Å². The van der Waals surface area contributed by atoms with Crippen LogP contribution in [0.15, 0.2) is 0 Å². The third kappa shape index (κ3) is 9.77. The fourth-order valence-electron chi connectivity index (χ4n) is 4.73. The third-order valence-corrected chi connectivity index (χ3v) is 8.37. The Morgan fingerprint density at radius 1 is 0.875 bits per heavy atom. The van der Waals surface area contributed by atoms with Gasteiger partial charge in [0, 0.05) is 18.6 Å². The van der Waals surface area contributed by atoms with Crippen LogP contribution in [0.4, 0.5) is 0 Å². The maximum atomic E-state index is 10.7. The van der Waals surface area contributed by atoms with E-state index in [1.165, 1.54) is 0 Å². The number of hydrogen-bond acceptors (Lipinski definition) is 9. The molecular weight excluding hydrogens is 535 g/mol. The average molecular weight is 577 g/mol. The number of rotatable bonds is 4. The summed E-state index contributed by atoms with van der Waals surface area (Å²) in [6, 6.07) is 0. The van der Waals surface area contributed by atoms with Gasteiger partial charge in [0.15, 0.2) is 0 Å². The van der Waals surface area contributed by atoms with E-state index in [0.717, 1.165) is 24.5 Å². The van der Waals surface area contributed by atoms with Crippen LogP contribution in [0.2, 0.25) is 0 Å². The molecule has 4 rings (SSSR count). The van der Waals surface area contributed by atoms with Crippen molar-refractivity contribution in [2.24, 2.45) is 34.5 Å². The summed E-state index contributed by atoms with van der Waals surface area (Å²) in [4.78, 5) is 0. The van der Waals surface area contributed by atoms with E-state index in [1.54, 1.807) is 0 Å². The van der Waals surface area contributed by atoms with E-state index in [2.05, 4.69) is 33.9 Å². The van der Waals surface area contributed by atoms with Crippen molar-refractivity contribution in [3.63, 3.8) is 0 Å². The first-order chi connectivity index (χ1) is 11.0. The first kappa shape index (κ1) is 48.2. The summed E-state index contributed by atoms with van der Waals surface area (Å²) in [6.45, 7) is 10.2. The molecule has 0 aromatic heterocycles. The molecule has 0 spiro atoms. The maximum Gasteiger partial charge on any atom is 1.00 e. The molecule has 2 aliphatic carbocycles. The van der Waals surface area contributed by atoms with Crippen LogP contribution in [-0.4, -0.2) is 36.8 Å². The molecule has 0 aromatic rings. The second-order valence-electron chi connectivity index (χ2n) is 8.29. The summed E-state index contributed by atoms with van der Waals surface area (Å²) in [6.07, 6.45) is 0. The van der Waals surface area contributed by atoms with Crippen LogP contribution in [0.1, 0.15) is 50.0 Å². The quantitative estimate of drug-likeness (QED) is 0.114. The van der Waals surface area contributed by atoms with E-state index in [0.29, 0.717) is 23.8 Å². The normalized spacial score (nSPS) is 32.6.